The molecule has 0 saturated carbocycles. The van der Waals surface area contributed by atoms with Crippen LogP contribution in [0.25, 0.3) is 32.3 Å². The van der Waals surface area contributed by atoms with Crippen LogP contribution in [0.3, 0.4) is 0 Å². The molecule has 0 aliphatic heterocycles. The molecule has 0 aliphatic carbocycles. The topological polar surface area (TPSA) is 46.0 Å². The van der Waals surface area contributed by atoms with Crippen molar-refractivity contribution in [2.75, 3.05) is 0 Å². The first-order valence-electron chi connectivity index (χ1n) is 7.09. The summed E-state index contributed by atoms with van der Waals surface area (Å²) in [6.45, 7) is 7.46. The van der Waals surface area contributed by atoms with Gasteiger partial charge in [0.1, 0.15) is 0 Å². The van der Waals surface area contributed by atoms with Gasteiger partial charge in [-0.1, -0.05) is 30.3 Å². The largest absolute Gasteiger partial charge is 0.318 e. The van der Waals surface area contributed by atoms with Gasteiger partial charge in [0.2, 0.25) is 5.69 Å². The second-order valence-corrected chi connectivity index (χ2v) is 5.14. The number of hydrogen-bond acceptors (Lipinski definition) is 2. The molecule has 0 saturated heterocycles. The lowest BCUT2D eigenvalue weighted by atomic mass is 10.1. The van der Waals surface area contributed by atoms with Crippen molar-refractivity contribution in [1.29, 1.82) is 5.26 Å². The Bertz CT molecular complexity index is 1050. The van der Waals surface area contributed by atoms with Crippen molar-refractivity contribution in [3.63, 3.8) is 0 Å². The van der Waals surface area contributed by atoms with Crippen molar-refractivity contribution in [1.82, 2.24) is 9.55 Å². The van der Waals surface area contributed by atoms with Crippen molar-refractivity contribution in [3.05, 3.63) is 77.9 Å². The highest BCUT2D eigenvalue weighted by Gasteiger charge is 2.17. The van der Waals surface area contributed by atoms with E-state index in [2.05, 4.69) is 15.9 Å². The molecule has 0 unspecified atom stereocenters. The molecule has 0 radical (unpaired) electrons. The van der Waals surface area contributed by atoms with Crippen LogP contribution in [0.1, 0.15) is 5.56 Å². The maximum Gasteiger partial charge on any atom is 0.211 e. The molecule has 106 valence electrons. The number of pyridine rings is 1. The minimum atomic E-state index is 0.462. The smallest absolute Gasteiger partial charge is 0.211 e. The number of fused-ring (bicyclic) bond motifs is 3. The number of aromatic nitrogens is 2. The standard InChI is InChI=1S/C19H10N4/c1-21-16-7-4-5-13(11-20)19(16)23-17-8-3-2-6-14(17)15-12-22-10-9-18(15)23/h2-10,12H. The zero-order valence-electron chi connectivity index (χ0n) is 12.1. The second kappa shape index (κ2) is 4.98. The fraction of sp³-hybridized carbons (Fsp3) is 0. The third-order valence-electron chi connectivity index (χ3n) is 3.95. The first-order chi connectivity index (χ1) is 11.3. The lowest BCUT2D eigenvalue weighted by Crippen LogP contribution is -1.97. The van der Waals surface area contributed by atoms with E-state index >= 15 is 0 Å². The van der Waals surface area contributed by atoms with E-state index in [0.717, 1.165) is 21.8 Å². The SMILES string of the molecule is [C-]#[N+]c1cccc(C#N)c1-n1c2ccccc2c2cnccc21. The summed E-state index contributed by atoms with van der Waals surface area (Å²) in [4.78, 5) is 7.83. The van der Waals surface area contributed by atoms with E-state index in [9.17, 15) is 5.26 Å². The van der Waals surface area contributed by atoms with E-state index in [0.29, 0.717) is 16.9 Å². The first-order valence-corrected chi connectivity index (χ1v) is 7.09. The summed E-state index contributed by atoms with van der Waals surface area (Å²) < 4.78 is 1.98. The zero-order chi connectivity index (χ0) is 15.8. The van der Waals surface area contributed by atoms with Gasteiger partial charge in [-0.2, -0.15) is 5.26 Å². The molecule has 2 aromatic carbocycles. The van der Waals surface area contributed by atoms with Gasteiger partial charge >= 0.3 is 0 Å². The van der Waals surface area contributed by atoms with E-state index < -0.39 is 0 Å². The molecular formula is C19H10N4. The zero-order valence-corrected chi connectivity index (χ0v) is 12.1. The Morgan fingerprint density at radius 2 is 1.83 bits per heavy atom. The molecule has 4 rings (SSSR count). The van der Waals surface area contributed by atoms with Crippen LogP contribution < -0.4 is 0 Å². The van der Waals surface area contributed by atoms with E-state index in [1.54, 1.807) is 24.4 Å². The number of benzene rings is 2. The fourth-order valence-electron chi connectivity index (χ4n) is 3.00. The number of para-hydroxylation sites is 2. The molecule has 0 fully saturated rings. The normalized spacial score (nSPS) is 10.5. The van der Waals surface area contributed by atoms with Crippen LogP contribution in [-0.2, 0) is 0 Å². The summed E-state index contributed by atoms with van der Waals surface area (Å²) >= 11 is 0. The summed E-state index contributed by atoms with van der Waals surface area (Å²) in [5, 5.41) is 11.6. The fourth-order valence-corrected chi connectivity index (χ4v) is 3.00. The molecular weight excluding hydrogens is 284 g/mol. The molecule has 0 amide bonds. The molecule has 23 heavy (non-hydrogen) atoms. The van der Waals surface area contributed by atoms with E-state index in [-0.39, 0.29) is 0 Å². The van der Waals surface area contributed by atoms with Gasteiger partial charge in [0, 0.05) is 23.2 Å². The van der Waals surface area contributed by atoms with Crippen LogP contribution in [0, 0.1) is 17.9 Å². The quantitative estimate of drug-likeness (QED) is 0.482. The number of rotatable bonds is 1. The molecule has 0 spiro atoms. The molecule has 4 heteroatoms. The molecule has 2 aromatic heterocycles. The van der Waals surface area contributed by atoms with Crippen molar-refractivity contribution < 1.29 is 0 Å². The van der Waals surface area contributed by atoms with E-state index in [1.165, 1.54) is 0 Å². The van der Waals surface area contributed by atoms with Crippen LogP contribution in [0.15, 0.2) is 60.9 Å². The second-order valence-electron chi connectivity index (χ2n) is 5.14. The number of nitriles is 1. The Hall–Kier alpha value is -3.63. The molecule has 0 atom stereocenters. The molecule has 0 N–H and O–H groups in total. The predicted molar refractivity (Wildman–Crippen MR) is 89.6 cm³/mol. The number of hydrogen-bond donors (Lipinski definition) is 0. The third-order valence-corrected chi connectivity index (χ3v) is 3.95. The van der Waals surface area contributed by atoms with Crippen LogP contribution in [0.5, 0.6) is 0 Å². The molecule has 2 heterocycles. The Kier molecular flexibility index (Phi) is 2.83. The Balaban J connectivity index is 2.28. The minimum Gasteiger partial charge on any atom is -0.318 e. The molecule has 4 nitrogen and oxygen atoms in total. The van der Waals surface area contributed by atoms with Crippen molar-refractivity contribution in [2.45, 2.75) is 0 Å². The van der Waals surface area contributed by atoms with Gasteiger partial charge < -0.3 is 4.57 Å². The summed E-state index contributed by atoms with van der Waals surface area (Å²) in [7, 11) is 0. The molecule has 4 aromatic rings. The lowest BCUT2D eigenvalue weighted by Gasteiger charge is -2.11. The van der Waals surface area contributed by atoms with Crippen LogP contribution >= 0.6 is 0 Å². The highest BCUT2D eigenvalue weighted by Crippen LogP contribution is 2.36. The summed E-state index contributed by atoms with van der Waals surface area (Å²) in [5.74, 6) is 0. The van der Waals surface area contributed by atoms with Crippen LogP contribution in [-0.4, -0.2) is 9.55 Å². The van der Waals surface area contributed by atoms with Gasteiger partial charge in [-0.3, -0.25) is 4.98 Å². The van der Waals surface area contributed by atoms with Crippen molar-refractivity contribution in [2.24, 2.45) is 0 Å². The Labute approximate surface area is 132 Å². The van der Waals surface area contributed by atoms with Gasteiger partial charge in [0.15, 0.2) is 0 Å². The van der Waals surface area contributed by atoms with Crippen molar-refractivity contribution in [3.8, 4) is 11.8 Å². The highest BCUT2D eigenvalue weighted by molar-refractivity contribution is 6.09. The average molecular weight is 294 g/mol. The molecule has 0 bridgehead atoms. The average Bonchev–Trinajstić information content (AvgIpc) is 2.95. The minimum absolute atomic E-state index is 0.462. The van der Waals surface area contributed by atoms with Gasteiger partial charge in [-0.05, 0) is 18.2 Å². The van der Waals surface area contributed by atoms with Gasteiger partial charge in [-0.25, -0.2) is 4.85 Å². The van der Waals surface area contributed by atoms with E-state index in [1.807, 2.05) is 41.1 Å². The maximum atomic E-state index is 9.50. The highest BCUT2D eigenvalue weighted by atomic mass is 15.0. The van der Waals surface area contributed by atoms with Gasteiger partial charge in [0.05, 0.1) is 34.9 Å². The summed E-state index contributed by atoms with van der Waals surface area (Å²) in [5.41, 5.74) is 3.47. The lowest BCUT2D eigenvalue weighted by molar-refractivity contribution is 1.17. The monoisotopic (exact) mass is 294 g/mol. The Morgan fingerprint density at radius 3 is 2.65 bits per heavy atom. The first kappa shape index (κ1) is 13.1. The predicted octanol–water partition coefficient (Wildman–Crippen LogP) is 4.60. The number of nitrogens with zero attached hydrogens (tertiary/aromatic N) is 4. The van der Waals surface area contributed by atoms with E-state index in [4.69, 9.17) is 6.57 Å². The van der Waals surface area contributed by atoms with Gasteiger partial charge in [0.25, 0.3) is 0 Å². The maximum absolute atomic E-state index is 9.50. The summed E-state index contributed by atoms with van der Waals surface area (Å²) in [6.07, 6.45) is 3.55. The van der Waals surface area contributed by atoms with Crippen molar-refractivity contribution >= 4 is 27.5 Å². The van der Waals surface area contributed by atoms with Gasteiger partial charge in [-0.15, -0.1) is 0 Å². The molecule has 0 aliphatic rings. The summed E-state index contributed by atoms with van der Waals surface area (Å²) in [6, 6.07) is 17.3. The third kappa shape index (κ3) is 1.79. The van der Waals surface area contributed by atoms with Crippen LogP contribution in [0.2, 0.25) is 0 Å². The Morgan fingerprint density at radius 1 is 1.00 bits per heavy atom. The van der Waals surface area contributed by atoms with Crippen LogP contribution in [0.4, 0.5) is 5.69 Å².